The summed E-state index contributed by atoms with van der Waals surface area (Å²) in [7, 11) is 0.663. The molecule has 0 saturated heterocycles. The molecule has 1 aliphatic heterocycles. The highest BCUT2D eigenvalue weighted by Gasteiger charge is 2.35. The summed E-state index contributed by atoms with van der Waals surface area (Å²) in [5.74, 6) is 0.732. The van der Waals surface area contributed by atoms with Crippen LogP contribution in [0.2, 0.25) is 0 Å². The van der Waals surface area contributed by atoms with E-state index in [0.717, 1.165) is 0 Å². The van der Waals surface area contributed by atoms with Crippen LogP contribution in [0.1, 0.15) is 24.2 Å². The molecule has 0 fully saturated rings. The molecule has 13 heteroatoms. The van der Waals surface area contributed by atoms with Gasteiger partial charge in [-0.1, -0.05) is 6.92 Å². The molecule has 3 N–H and O–H groups in total. The van der Waals surface area contributed by atoms with Crippen molar-refractivity contribution in [3.05, 3.63) is 72.3 Å². The molecule has 3 aromatic rings. The number of ether oxygens (including phenoxy) is 3. The van der Waals surface area contributed by atoms with Crippen molar-refractivity contribution in [3.8, 4) is 17.2 Å². The van der Waals surface area contributed by atoms with E-state index < -0.39 is 28.2 Å². The van der Waals surface area contributed by atoms with Crippen molar-refractivity contribution in [2.75, 3.05) is 51.6 Å². The Hall–Kier alpha value is -4.33. The van der Waals surface area contributed by atoms with Crippen LogP contribution in [-0.4, -0.2) is 87.8 Å². The first-order valence-electron chi connectivity index (χ1n) is 14.0. The van der Waals surface area contributed by atoms with Gasteiger partial charge in [0.1, 0.15) is 23.4 Å². The normalized spacial score (nSPS) is 17.5. The fraction of sp³-hybridized carbons (Fsp3) is 0.355. The highest BCUT2D eigenvalue weighted by Crippen LogP contribution is 2.31. The van der Waals surface area contributed by atoms with Crippen LogP contribution >= 0.6 is 0 Å². The van der Waals surface area contributed by atoms with Crippen LogP contribution < -0.4 is 24.8 Å². The Morgan fingerprint density at radius 2 is 1.59 bits per heavy atom. The summed E-state index contributed by atoms with van der Waals surface area (Å²) in [6.45, 7) is 3.53. The second-order valence-electron chi connectivity index (χ2n) is 10.6. The van der Waals surface area contributed by atoms with Crippen molar-refractivity contribution in [2.45, 2.75) is 30.9 Å². The molecule has 4 rings (SSSR count). The van der Waals surface area contributed by atoms with Gasteiger partial charge in [0.25, 0.3) is 5.91 Å². The second-order valence-corrected chi connectivity index (χ2v) is 12.6. The Morgan fingerprint density at radius 3 is 2.18 bits per heavy atom. The van der Waals surface area contributed by atoms with Gasteiger partial charge in [-0.05, 0) is 73.7 Å². The quantitative estimate of drug-likeness (QED) is 0.307. The van der Waals surface area contributed by atoms with E-state index in [1.807, 2.05) is 6.92 Å². The molecule has 0 saturated carbocycles. The van der Waals surface area contributed by atoms with Crippen LogP contribution in [0.4, 0.5) is 16.2 Å². The number of urea groups is 1. The number of benzene rings is 3. The number of hydrogen-bond acceptors (Lipinski definition) is 8. The first-order chi connectivity index (χ1) is 21.0. The minimum atomic E-state index is -3.86. The number of amides is 3. The molecule has 3 atom stereocenters. The highest BCUT2D eigenvalue weighted by atomic mass is 32.2. The lowest BCUT2D eigenvalue weighted by Crippen LogP contribution is -2.50. The van der Waals surface area contributed by atoms with Crippen LogP contribution in [0.15, 0.2) is 71.6 Å². The van der Waals surface area contributed by atoms with Gasteiger partial charge >= 0.3 is 6.03 Å². The molecule has 0 spiro atoms. The number of fused-ring (bicyclic) bond motifs is 1. The standard InChI is InChI=1S/C31H38N4O8S/c1-20-17-35(21(2)19-36)30(37)27-16-23(33-31(38)32-22-6-9-24(41-4)10-7-22)8-15-28(27)43-29(20)18-34(3)44(39,40)26-13-11-25(42-5)12-14-26/h6-16,20-21,29,36H,17-19H2,1-5H3,(H2,32,33,38)/t20-,21-,29+/m0/s1. The smallest absolute Gasteiger partial charge is 0.323 e. The predicted molar refractivity (Wildman–Crippen MR) is 166 cm³/mol. The molecular weight excluding hydrogens is 588 g/mol. The Labute approximate surface area is 257 Å². The van der Waals surface area contributed by atoms with E-state index in [2.05, 4.69) is 10.6 Å². The number of hydrogen-bond donors (Lipinski definition) is 3. The van der Waals surface area contributed by atoms with E-state index in [4.69, 9.17) is 14.2 Å². The summed E-state index contributed by atoms with van der Waals surface area (Å²) >= 11 is 0. The van der Waals surface area contributed by atoms with E-state index in [1.165, 1.54) is 41.6 Å². The SMILES string of the molecule is COc1ccc(NC(=O)Nc2ccc3c(c2)C(=O)N([C@@H](C)CO)C[C@H](C)[C@@H](CN(C)S(=O)(=O)c2ccc(OC)cc2)O3)cc1. The number of sulfonamides is 1. The minimum absolute atomic E-state index is 0.00518. The van der Waals surface area contributed by atoms with Gasteiger partial charge in [-0.2, -0.15) is 4.31 Å². The van der Waals surface area contributed by atoms with Gasteiger partial charge in [0.15, 0.2) is 0 Å². The number of rotatable bonds is 10. The summed E-state index contributed by atoms with van der Waals surface area (Å²) < 4.78 is 44.6. The third kappa shape index (κ3) is 7.41. The molecule has 0 aromatic heterocycles. The average Bonchev–Trinajstić information content (AvgIpc) is 3.02. The van der Waals surface area contributed by atoms with Crippen LogP contribution in [0.25, 0.3) is 0 Å². The van der Waals surface area contributed by atoms with Crippen molar-refractivity contribution in [2.24, 2.45) is 5.92 Å². The maximum Gasteiger partial charge on any atom is 0.323 e. The molecule has 0 aliphatic carbocycles. The monoisotopic (exact) mass is 626 g/mol. The molecule has 1 heterocycles. The summed E-state index contributed by atoms with van der Waals surface area (Å²) in [5.41, 5.74) is 1.06. The maximum absolute atomic E-state index is 13.7. The summed E-state index contributed by atoms with van der Waals surface area (Å²) in [6.07, 6.45) is -0.648. The summed E-state index contributed by atoms with van der Waals surface area (Å²) in [4.78, 5) is 28.1. The Bertz CT molecular complexity index is 1560. The van der Waals surface area contributed by atoms with Crippen LogP contribution in [0, 0.1) is 5.92 Å². The molecule has 44 heavy (non-hydrogen) atoms. The van der Waals surface area contributed by atoms with E-state index in [9.17, 15) is 23.1 Å². The third-order valence-corrected chi connectivity index (χ3v) is 9.31. The molecule has 0 radical (unpaired) electrons. The number of carbonyl (C=O) groups excluding carboxylic acids is 2. The minimum Gasteiger partial charge on any atom is -0.497 e. The number of aliphatic hydroxyl groups excluding tert-OH is 1. The van der Waals surface area contributed by atoms with Crippen LogP contribution in [-0.2, 0) is 10.0 Å². The number of likely N-dealkylation sites (N-methyl/N-ethyl adjacent to an activating group) is 1. The molecule has 3 amide bonds. The molecule has 0 unspecified atom stereocenters. The molecule has 236 valence electrons. The molecular formula is C31H38N4O8S. The van der Waals surface area contributed by atoms with Crippen molar-refractivity contribution >= 4 is 33.3 Å². The van der Waals surface area contributed by atoms with Crippen LogP contribution in [0.5, 0.6) is 17.2 Å². The van der Waals surface area contributed by atoms with Crippen molar-refractivity contribution in [3.63, 3.8) is 0 Å². The van der Waals surface area contributed by atoms with E-state index in [0.29, 0.717) is 22.9 Å². The molecule has 1 aliphatic rings. The van der Waals surface area contributed by atoms with E-state index >= 15 is 0 Å². The fourth-order valence-corrected chi connectivity index (χ4v) is 5.95. The predicted octanol–water partition coefficient (Wildman–Crippen LogP) is 3.89. The highest BCUT2D eigenvalue weighted by molar-refractivity contribution is 7.89. The van der Waals surface area contributed by atoms with Crippen molar-refractivity contribution in [1.82, 2.24) is 9.21 Å². The largest absolute Gasteiger partial charge is 0.497 e. The Balaban J connectivity index is 1.59. The van der Waals surface area contributed by atoms with Crippen LogP contribution in [0.3, 0.4) is 0 Å². The van der Waals surface area contributed by atoms with E-state index in [-0.39, 0.29) is 47.7 Å². The number of nitrogens with zero attached hydrogens (tertiary/aromatic N) is 2. The maximum atomic E-state index is 13.7. The topological polar surface area (TPSA) is 147 Å². The number of carbonyl (C=O) groups is 2. The van der Waals surface area contributed by atoms with Crippen molar-refractivity contribution < 1.29 is 37.3 Å². The first-order valence-corrected chi connectivity index (χ1v) is 15.5. The number of methoxy groups -OCH3 is 2. The Morgan fingerprint density at radius 1 is 1.02 bits per heavy atom. The molecule has 3 aromatic carbocycles. The Kier molecular flexibility index (Phi) is 10.3. The fourth-order valence-electron chi connectivity index (χ4n) is 4.77. The zero-order valence-corrected chi connectivity index (χ0v) is 26.1. The van der Waals surface area contributed by atoms with Gasteiger partial charge in [-0.25, -0.2) is 13.2 Å². The average molecular weight is 627 g/mol. The summed E-state index contributed by atoms with van der Waals surface area (Å²) in [5, 5.41) is 15.4. The van der Waals surface area contributed by atoms with E-state index in [1.54, 1.807) is 62.6 Å². The van der Waals surface area contributed by atoms with Gasteiger partial charge in [-0.15, -0.1) is 0 Å². The van der Waals surface area contributed by atoms with Gasteiger partial charge in [-0.3, -0.25) is 4.79 Å². The second kappa shape index (κ2) is 14.0. The third-order valence-electron chi connectivity index (χ3n) is 7.48. The zero-order chi connectivity index (χ0) is 32.0. The number of anilines is 2. The molecule has 0 bridgehead atoms. The van der Waals surface area contributed by atoms with Crippen molar-refractivity contribution in [1.29, 1.82) is 0 Å². The molecule has 12 nitrogen and oxygen atoms in total. The zero-order valence-electron chi connectivity index (χ0n) is 25.3. The number of nitrogens with one attached hydrogen (secondary N) is 2. The first kappa shape index (κ1) is 32.6. The lowest BCUT2D eigenvalue weighted by atomic mass is 9.99. The van der Waals surface area contributed by atoms with Gasteiger partial charge in [0.2, 0.25) is 10.0 Å². The lowest BCUT2D eigenvalue weighted by Gasteiger charge is -2.38. The lowest BCUT2D eigenvalue weighted by molar-refractivity contribution is 0.0387. The number of aliphatic hydroxyl groups is 1. The summed E-state index contributed by atoms with van der Waals surface area (Å²) in [6, 6.07) is 16.6. The van der Waals surface area contributed by atoms with Gasteiger partial charge in [0, 0.05) is 30.9 Å². The van der Waals surface area contributed by atoms with Gasteiger partial charge in [0.05, 0.1) is 43.9 Å². The van der Waals surface area contributed by atoms with Gasteiger partial charge < -0.3 is 34.9 Å².